The van der Waals surface area contributed by atoms with Crippen molar-refractivity contribution in [3.63, 3.8) is 0 Å². The van der Waals surface area contributed by atoms with Gasteiger partial charge in [-0.25, -0.2) is 4.79 Å². The number of anilines is 2. The quantitative estimate of drug-likeness (QED) is 0.252. The second kappa shape index (κ2) is 12.0. The molecular weight excluding hydrogens is 556 g/mol. The van der Waals surface area contributed by atoms with Crippen molar-refractivity contribution in [1.29, 1.82) is 5.26 Å². The van der Waals surface area contributed by atoms with Crippen LogP contribution in [0.4, 0.5) is 16.2 Å². The molecule has 2 N–H and O–H groups in total. The fourth-order valence-electron chi connectivity index (χ4n) is 5.54. The number of ether oxygens (including phenoxy) is 1. The minimum atomic E-state index is -1.93. The molecule has 8 nitrogen and oxygen atoms in total. The molecule has 1 aromatic heterocycles. The second-order valence-electron chi connectivity index (χ2n) is 14.0. The molecule has 230 valence electrons. The van der Waals surface area contributed by atoms with E-state index >= 15 is 0 Å². The predicted octanol–water partition coefficient (Wildman–Crippen LogP) is 8.27. The van der Waals surface area contributed by atoms with Crippen LogP contribution in [0.5, 0.6) is 11.5 Å². The molecule has 0 saturated carbocycles. The van der Waals surface area contributed by atoms with Crippen LogP contribution in [0.2, 0.25) is 18.1 Å². The lowest BCUT2D eigenvalue weighted by molar-refractivity contribution is 0.0753. The van der Waals surface area contributed by atoms with Gasteiger partial charge in [-0.15, -0.1) is 0 Å². The molecule has 43 heavy (non-hydrogen) atoms. The van der Waals surface area contributed by atoms with Crippen LogP contribution in [0.15, 0.2) is 48.5 Å². The number of nitrogens with one attached hydrogen (secondary N) is 1. The Labute approximate surface area is 257 Å². The standard InChI is InChI=1S/C34H46N4O4Si/c1-33(2,3)31-27-11-10-12-30(26(27)17-19-38(31)32(39)40)41-20-18-29-28(21-24(22-35)37(29)7)36-23-13-15-25(16-14-23)42-43(8,9)34(4,5)6/h10-16,21,31,36H,17-20H2,1-9H3,(H,39,40). The molecule has 1 amide bonds. The normalized spacial score (nSPS) is 15.4. The summed E-state index contributed by atoms with van der Waals surface area (Å²) in [7, 11) is -0.0348. The molecule has 0 aliphatic carbocycles. The van der Waals surface area contributed by atoms with E-state index in [1.807, 2.05) is 60.1 Å². The molecule has 0 radical (unpaired) electrons. The van der Waals surface area contributed by atoms with Gasteiger partial charge in [0.25, 0.3) is 0 Å². The highest BCUT2D eigenvalue weighted by molar-refractivity contribution is 6.74. The van der Waals surface area contributed by atoms with E-state index in [1.54, 1.807) is 4.90 Å². The number of hydrogen-bond acceptors (Lipinski definition) is 5. The van der Waals surface area contributed by atoms with Gasteiger partial charge in [0.1, 0.15) is 23.3 Å². The number of carboxylic acid groups (broad SMARTS) is 1. The number of benzene rings is 2. The molecule has 1 aliphatic heterocycles. The lowest BCUT2D eigenvalue weighted by Gasteiger charge is -2.43. The Morgan fingerprint density at radius 2 is 1.79 bits per heavy atom. The van der Waals surface area contributed by atoms with Crippen LogP contribution in [-0.4, -0.2) is 42.1 Å². The molecule has 1 aliphatic rings. The Hall–Kier alpha value is -3.90. The van der Waals surface area contributed by atoms with Crippen LogP contribution in [0.3, 0.4) is 0 Å². The largest absolute Gasteiger partial charge is 0.544 e. The zero-order valence-corrected chi connectivity index (χ0v) is 28.0. The second-order valence-corrected chi connectivity index (χ2v) is 18.7. The number of hydrogen-bond donors (Lipinski definition) is 2. The summed E-state index contributed by atoms with van der Waals surface area (Å²) in [6.45, 7) is 18.2. The van der Waals surface area contributed by atoms with Crippen molar-refractivity contribution in [3.05, 3.63) is 71.0 Å². The van der Waals surface area contributed by atoms with E-state index < -0.39 is 14.4 Å². The molecule has 0 fully saturated rings. The average molecular weight is 603 g/mol. The maximum absolute atomic E-state index is 12.0. The van der Waals surface area contributed by atoms with Gasteiger partial charge in [-0.05, 0) is 71.9 Å². The van der Waals surface area contributed by atoms with Crippen molar-refractivity contribution in [1.82, 2.24) is 9.47 Å². The summed E-state index contributed by atoms with van der Waals surface area (Å²) in [6.07, 6.45) is 0.294. The van der Waals surface area contributed by atoms with Crippen molar-refractivity contribution >= 4 is 25.8 Å². The van der Waals surface area contributed by atoms with Crippen LogP contribution in [0, 0.1) is 16.7 Å². The summed E-state index contributed by atoms with van der Waals surface area (Å²) in [6, 6.07) is 17.8. The van der Waals surface area contributed by atoms with Gasteiger partial charge in [0.05, 0.1) is 18.3 Å². The van der Waals surface area contributed by atoms with Gasteiger partial charge in [0, 0.05) is 37.0 Å². The highest BCUT2D eigenvalue weighted by atomic mass is 28.4. The third-order valence-electron chi connectivity index (χ3n) is 8.83. The summed E-state index contributed by atoms with van der Waals surface area (Å²) >= 11 is 0. The number of carbonyl (C=O) groups is 1. The van der Waals surface area contributed by atoms with Gasteiger partial charge in [0.2, 0.25) is 8.32 Å². The molecule has 0 spiro atoms. The van der Waals surface area contributed by atoms with Crippen LogP contribution in [-0.2, 0) is 19.9 Å². The van der Waals surface area contributed by atoms with Crippen molar-refractivity contribution < 1.29 is 19.1 Å². The number of aromatic nitrogens is 1. The van der Waals surface area contributed by atoms with Crippen molar-refractivity contribution in [2.75, 3.05) is 18.5 Å². The number of rotatable bonds is 8. The maximum Gasteiger partial charge on any atom is 0.407 e. The molecule has 1 atom stereocenters. The first-order valence-electron chi connectivity index (χ1n) is 14.9. The van der Waals surface area contributed by atoms with E-state index in [4.69, 9.17) is 9.16 Å². The smallest absolute Gasteiger partial charge is 0.407 e. The zero-order valence-electron chi connectivity index (χ0n) is 27.0. The SMILES string of the molecule is Cn1c(C#N)cc(Nc2ccc(O[Si](C)(C)C(C)(C)C)cc2)c1CCOc1cccc2c1CCN(C(=O)O)C2C(C)(C)C. The third kappa shape index (κ3) is 6.85. The minimum Gasteiger partial charge on any atom is -0.544 e. The first-order chi connectivity index (χ1) is 20.0. The van der Waals surface area contributed by atoms with Gasteiger partial charge < -0.3 is 29.1 Å². The van der Waals surface area contributed by atoms with Crippen LogP contribution in [0.25, 0.3) is 0 Å². The summed E-state index contributed by atoms with van der Waals surface area (Å²) < 4.78 is 14.7. The summed E-state index contributed by atoms with van der Waals surface area (Å²) in [5.41, 5.74) is 5.12. The topological polar surface area (TPSA) is 99.8 Å². The van der Waals surface area contributed by atoms with Gasteiger partial charge in [-0.1, -0.05) is 53.7 Å². The number of nitrogens with zero attached hydrogens (tertiary/aromatic N) is 3. The maximum atomic E-state index is 12.0. The summed E-state index contributed by atoms with van der Waals surface area (Å²) in [5.74, 6) is 1.65. The summed E-state index contributed by atoms with van der Waals surface area (Å²) in [4.78, 5) is 13.6. The van der Waals surface area contributed by atoms with E-state index in [2.05, 4.69) is 66.0 Å². The molecule has 4 rings (SSSR count). The molecule has 3 aromatic rings. The Kier molecular flexibility index (Phi) is 8.94. The fraction of sp³-hybridized carbons (Fsp3) is 0.471. The molecule has 2 heterocycles. The first kappa shape index (κ1) is 32.0. The van der Waals surface area contributed by atoms with E-state index in [0.717, 1.165) is 39.7 Å². The van der Waals surface area contributed by atoms with E-state index in [-0.39, 0.29) is 16.5 Å². The van der Waals surface area contributed by atoms with Crippen LogP contribution < -0.4 is 14.5 Å². The van der Waals surface area contributed by atoms with Gasteiger partial charge in [-0.2, -0.15) is 5.26 Å². The Balaban J connectivity index is 1.50. The highest BCUT2D eigenvalue weighted by Gasteiger charge is 2.40. The number of nitriles is 1. The van der Waals surface area contributed by atoms with Gasteiger partial charge >= 0.3 is 6.09 Å². The van der Waals surface area contributed by atoms with Crippen LogP contribution >= 0.6 is 0 Å². The predicted molar refractivity (Wildman–Crippen MR) is 174 cm³/mol. The minimum absolute atomic E-state index is 0.116. The molecular formula is C34H46N4O4Si. The average Bonchev–Trinajstić information content (AvgIpc) is 3.21. The molecule has 2 aromatic carbocycles. The molecule has 9 heteroatoms. The zero-order chi connectivity index (χ0) is 31.7. The third-order valence-corrected chi connectivity index (χ3v) is 13.2. The molecule has 0 bridgehead atoms. The van der Waals surface area contributed by atoms with E-state index in [9.17, 15) is 15.2 Å². The summed E-state index contributed by atoms with van der Waals surface area (Å²) in [5, 5.41) is 23.2. The lowest BCUT2D eigenvalue weighted by atomic mass is 9.77. The van der Waals surface area contributed by atoms with E-state index in [1.165, 1.54) is 0 Å². The highest BCUT2D eigenvalue weighted by Crippen LogP contribution is 2.44. The van der Waals surface area contributed by atoms with Crippen LogP contribution in [0.1, 0.15) is 70.1 Å². The van der Waals surface area contributed by atoms with Crippen molar-refractivity contribution in [3.8, 4) is 17.6 Å². The number of fused-ring (bicyclic) bond motifs is 1. The Morgan fingerprint density at radius 3 is 2.37 bits per heavy atom. The lowest BCUT2D eigenvalue weighted by Crippen LogP contribution is -2.44. The molecule has 0 saturated heterocycles. The molecule has 1 unspecified atom stereocenters. The van der Waals surface area contributed by atoms with Crippen molar-refractivity contribution in [2.24, 2.45) is 12.5 Å². The number of amides is 1. The van der Waals surface area contributed by atoms with E-state index in [0.29, 0.717) is 31.7 Å². The first-order valence-corrected chi connectivity index (χ1v) is 17.8. The monoisotopic (exact) mass is 602 g/mol. The Bertz CT molecular complexity index is 1510. The van der Waals surface area contributed by atoms with Crippen molar-refractivity contribution in [2.45, 2.75) is 78.6 Å². The van der Waals surface area contributed by atoms with Gasteiger partial charge in [-0.3, -0.25) is 0 Å². The van der Waals surface area contributed by atoms with Gasteiger partial charge in [0.15, 0.2) is 0 Å². The fourth-order valence-corrected chi connectivity index (χ4v) is 6.57. The Morgan fingerprint density at radius 1 is 1.12 bits per heavy atom.